The maximum atomic E-state index is 12.4. The third kappa shape index (κ3) is 3.38. The standard InChI is InChI=1S/C16H21NO2S/c1-12-10-11-19-15(12)14(13-8-6-5-7-9-13)17-20(18)16(2,3)4/h5-11,14,17H,1-4H3/t14-,20?/m0/s1. The summed E-state index contributed by atoms with van der Waals surface area (Å²) in [6, 6.07) is 11.7. The summed E-state index contributed by atoms with van der Waals surface area (Å²) in [7, 11) is -1.17. The molecule has 4 heteroatoms. The maximum Gasteiger partial charge on any atom is 0.129 e. The van der Waals surface area contributed by atoms with Gasteiger partial charge in [0.1, 0.15) is 11.8 Å². The fraction of sp³-hybridized carbons (Fsp3) is 0.375. The van der Waals surface area contributed by atoms with E-state index in [2.05, 4.69) is 4.72 Å². The van der Waals surface area contributed by atoms with Crippen LogP contribution in [0.15, 0.2) is 47.1 Å². The van der Waals surface area contributed by atoms with Gasteiger partial charge in [0.15, 0.2) is 0 Å². The van der Waals surface area contributed by atoms with Crippen LogP contribution in [-0.4, -0.2) is 8.96 Å². The average Bonchev–Trinajstić information content (AvgIpc) is 2.81. The number of furan rings is 1. The molecule has 108 valence electrons. The fourth-order valence-electron chi connectivity index (χ4n) is 1.88. The van der Waals surface area contributed by atoms with Crippen LogP contribution < -0.4 is 4.72 Å². The molecule has 0 aliphatic heterocycles. The van der Waals surface area contributed by atoms with E-state index >= 15 is 0 Å². The van der Waals surface area contributed by atoms with Crippen LogP contribution in [-0.2, 0) is 11.0 Å². The van der Waals surface area contributed by atoms with Crippen LogP contribution in [0, 0.1) is 6.92 Å². The molecule has 1 unspecified atom stereocenters. The molecule has 1 N–H and O–H groups in total. The molecular formula is C16H21NO2S. The highest BCUT2D eigenvalue weighted by molar-refractivity contribution is 7.84. The molecule has 2 rings (SSSR count). The summed E-state index contributed by atoms with van der Waals surface area (Å²) < 4.78 is 20.9. The van der Waals surface area contributed by atoms with Crippen molar-refractivity contribution in [2.45, 2.75) is 38.5 Å². The molecule has 0 saturated carbocycles. The Morgan fingerprint density at radius 1 is 1.15 bits per heavy atom. The van der Waals surface area contributed by atoms with Crippen LogP contribution in [0.25, 0.3) is 0 Å². The summed E-state index contributed by atoms with van der Waals surface area (Å²) in [5.41, 5.74) is 2.10. The van der Waals surface area contributed by atoms with Crippen molar-refractivity contribution in [1.29, 1.82) is 0 Å². The summed E-state index contributed by atoms with van der Waals surface area (Å²) in [6.45, 7) is 7.85. The number of hydrogen-bond donors (Lipinski definition) is 1. The van der Waals surface area contributed by atoms with E-state index in [1.54, 1.807) is 6.26 Å². The van der Waals surface area contributed by atoms with Crippen molar-refractivity contribution < 1.29 is 8.63 Å². The molecule has 1 aromatic heterocycles. The number of rotatable bonds is 4. The Morgan fingerprint density at radius 2 is 1.80 bits per heavy atom. The van der Waals surface area contributed by atoms with Gasteiger partial charge in [-0.3, -0.25) is 0 Å². The zero-order valence-electron chi connectivity index (χ0n) is 12.3. The van der Waals surface area contributed by atoms with E-state index in [-0.39, 0.29) is 10.8 Å². The van der Waals surface area contributed by atoms with Crippen LogP contribution in [0.4, 0.5) is 0 Å². The predicted octanol–water partition coefficient (Wildman–Crippen LogP) is 3.73. The molecule has 0 spiro atoms. The summed E-state index contributed by atoms with van der Waals surface area (Å²) in [5, 5.41) is 0. The van der Waals surface area contributed by atoms with Crippen molar-refractivity contribution in [1.82, 2.24) is 4.72 Å². The molecule has 0 fully saturated rings. The molecule has 2 atom stereocenters. The smallest absolute Gasteiger partial charge is 0.129 e. The second kappa shape index (κ2) is 5.94. The van der Waals surface area contributed by atoms with Crippen LogP contribution in [0.5, 0.6) is 0 Å². The van der Waals surface area contributed by atoms with Crippen molar-refractivity contribution in [2.24, 2.45) is 0 Å². The Kier molecular flexibility index (Phi) is 4.45. The Hall–Kier alpha value is -1.39. The first-order valence-electron chi connectivity index (χ1n) is 6.66. The van der Waals surface area contributed by atoms with Crippen LogP contribution in [0.3, 0.4) is 0 Å². The van der Waals surface area contributed by atoms with E-state index in [4.69, 9.17) is 4.42 Å². The molecule has 0 bridgehead atoms. The normalized spacial score (nSPS) is 15.0. The number of aryl methyl sites for hydroxylation is 1. The Labute approximate surface area is 123 Å². The third-order valence-corrected chi connectivity index (χ3v) is 4.64. The molecule has 0 aliphatic rings. The van der Waals surface area contributed by atoms with E-state index in [0.717, 1.165) is 16.9 Å². The van der Waals surface area contributed by atoms with Crippen molar-refractivity contribution in [2.75, 3.05) is 0 Å². The highest BCUT2D eigenvalue weighted by atomic mass is 32.2. The molecular weight excluding hydrogens is 270 g/mol. The maximum absolute atomic E-state index is 12.4. The van der Waals surface area contributed by atoms with Gasteiger partial charge in [0.05, 0.1) is 22.0 Å². The lowest BCUT2D eigenvalue weighted by Crippen LogP contribution is -2.36. The molecule has 1 heterocycles. The summed E-state index contributed by atoms with van der Waals surface area (Å²) in [4.78, 5) is 0. The first kappa shape index (κ1) is 15.0. The van der Waals surface area contributed by atoms with Crippen LogP contribution in [0.2, 0.25) is 0 Å². The number of hydrogen-bond acceptors (Lipinski definition) is 2. The largest absolute Gasteiger partial charge is 0.467 e. The minimum Gasteiger partial charge on any atom is -0.467 e. The van der Waals surface area contributed by atoms with Gasteiger partial charge in [-0.05, 0) is 44.9 Å². The Balaban J connectivity index is 2.36. The van der Waals surface area contributed by atoms with Gasteiger partial charge in [-0.15, -0.1) is 0 Å². The molecule has 0 radical (unpaired) electrons. The van der Waals surface area contributed by atoms with E-state index in [0.29, 0.717) is 0 Å². The van der Waals surface area contributed by atoms with E-state index in [1.807, 2.05) is 64.1 Å². The van der Waals surface area contributed by atoms with E-state index in [9.17, 15) is 4.21 Å². The predicted molar refractivity (Wildman–Crippen MR) is 82.8 cm³/mol. The third-order valence-electron chi connectivity index (χ3n) is 3.08. The van der Waals surface area contributed by atoms with E-state index < -0.39 is 11.0 Å². The second-order valence-electron chi connectivity index (χ2n) is 5.81. The Morgan fingerprint density at radius 3 is 2.30 bits per heavy atom. The molecule has 0 aliphatic carbocycles. The topological polar surface area (TPSA) is 42.2 Å². The molecule has 3 nitrogen and oxygen atoms in total. The zero-order valence-corrected chi connectivity index (χ0v) is 13.2. The molecule has 2 aromatic rings. The quantitative estimate of drug-likeness (QED) is 0.932. The molecule has 20 heavy (non-hydrogen) atoms. The van der Waals surface area contributed by atoms with Gasteiger partial charge in [-0.2, -0.15) is 0 Å². The lowest BCUT2D eigenvalue weighted by atomic mass is 10.0. The van der Waals surface area contributed by atoms with Gasteiger partial charge in [-0.25, -0.2) is 8.93 Å². The summed E-state index contributed by atoms with van der Waals surface area (Å²) >= 11 is 0. The minimum absolute atomic E-state index is 0.203. The van der Waals surface area contributed by atoms with E-state index in [1.165, 1.54) is 0 Å². The number of benzene rings is 1. The van der Waals surface area contributed by atoms with Gasteiger partial charge in [-0.1, -0.05) is 30.3 Å². The van der Waals surface area contributed by atoms with Crippen LogP contribution in [0.1, 0.15) is 43.7 Å². The lowest BCUT2D eigenvalue weighted by molar-refractivity contribution is 0.473. The van der Waals surface area contributed by atoms with Crippen molar-refractivity contribution >= 4 is 11.0 Å². The highest BCUT2D eigenvalue weighted by Gasteiger charge is 2.26. The van der Waals surface area contributed by atoms with Crippen molar-refractivity contribution in [3.63, 3.8) is 0 Å². The SMILES string of the molecule is Cc1ccoc1[C@@H](NS(=O)C(C)(C)C)c1ccccc1. The highest BCUT2D eigenvalue weighted by Crippen LogP contribution is 2.27. The van der Waals surface area contributed by atoms with Crippen molar-refractivity contribution in [3.8, 4) is 0 Å². The van der Waals surface area contributed by atoms with Gasteiger partial charge in [0.25, 0.3) is 0 Å². The summed E-state index contributed by atoms with van der Waals surface area (Å²) in [5.74, 6) is 0.814. The molecule has 0 saturated heterocycles. The second-order valence-corrected chi connectivity index (χ2v) is 7.81. The lowest BCUT2D eigenvalue weighted by Gasteiger charge is -2.24. The monoisotopic (exact) mass is 291 g/mol. The fourth-order valence-corrected chi connectivity index (χ4v) is 2.69. The zero-order chi connectivity index (χ0) is 14.8. The molecule has 1 aromatic carbocycles. The van der Waals surface area contributed by atoms with Gasteiger partial charge in [0.2, 0.25) is 0 Å². The van der Waals surface area contributed by atoms with Crippen LogP contribution >= 0.6 is 0 Å². The number of nitrogens with one attached hydrogen (secondary N) is 1. The summed E-state index contributed by atoms with van der Waals surface area (Å²) in [6.07, 6.45) is 1.67. The Bertz CT molecular complexity index is 584. The minimum atomic E-state index is -1.17. The molecule has 0 amide bonds. The van der Waals surface area contributed by atoms with Gasteiger partial charge >= 0.3 is 0 Å². The first-order chi connectivity index (χ1) is 9.39. The van der Waals surface area contributed by atoms with Gasteiger partial charge < -0.3 is 4.42 Å². The first-order valence-corrected chi connectivity index (χ1v) is 7.81. The van der Waals surface area contributed by atoms with Crippen molar-refractivity contribution in [3.05, 3.63) is 59.5 Å². The van der Waals surface area contributed by atoms with Gasteiger partial charge in [0, 0.05) is 0 Å². The average molecular weight is 291 g/mol.